The van der Waals surface area contributed by atoms with E-state index in [1.165, 1.54) is 54.6 Å². The molecule has 0 fully saturated rings. The van der Waals surface area contributed by atoms with Crippen LogP contribution in [0.5, 0.6) is 0 Å². The van der Waals surface area contributed by atoms with Gasteiger partial charge >= 0.3 is 0 Å². The van der Waals surface area contributed by atoms with Gasteiger partial charge in [-0.25, -0.2) is 0 Å². The first-order chi connectivity index (χ1) is 20.0. The molecule has 4 aromatic rings. The monoisotopic (exact) mass is 609 g/mol. The van der Waals surface area contributed by atoms with Crippen molar-refractivity contribution in [1.82, 2.24) is 0 Å². The molecule has 0 aliphatic rings. The molecule has 4 rings (SSSR count). The summed E-state index contributed by atoms with van der Waals surface area (Å²) in [5.41, 5.74) is -0.712. The highest BCUT2D eigenvalue weighted by Crippen LogP contribution is 2.23. The Morgan fingerprint density at radius 1 is 0.452 bits per heavy atom. The number of alkyl halides is 2. The number of hydrogen-bond acceptors (Lipinski definition) is 9. The predicted octanol–water partition coefficient (Wildman–Crippen LogP) is 6.53. The van der Waals surface area contributed by atoms with Crippen molar-refractivity contribution in [3.8, 4) is 0 Å². The fraction of sp³-hybridized carbons (Fsp3) is 0.0357. The summed E-state index contributed by atoms with van der Waals surface area (Å²) in [5, 5.41) is 33.0. The van der Waals surface area contributed by atoms with Gasteiger partial charge in [-0.15, -0.1) is 23.2 Å². The summed E-state index contributed by atoms with van der Waals surface area (Å²) in [6, 6.07) is 18.0. The zero-order chi connectivity index (χ0) is 31.0. The first-order valence-electron chi connectivity index (χ1n) is 11.6. The summed E-state index contributed by atoms with van der Waals surface area (Å²) in [7, 11) is 0. The standard InChI is InChI=1S/C27H15N3O9.CH2Cl2/c31-25(16-1-7-22(8-2-16)28(34)35)19-13-20(26(32)17-3-9-23(10-4-17)29(36)37)15-21(14-19)27(33)18-5-11-24(12-6-18)30(38)39;2-1-3/h1-15H;1H2. The van der Waals surface area contributed by atoms with Gasteiger partial charge in [-0.1, -0.05) is 0 Å². The minimum absolute atomic E-state index is 0.0641. The summed E-state index contributed by atoms with van der Waals surface area (Å²) in [6.45, 7) is 0. The average molecular weight is 610 g/mol. The van der Waals surface area contributed by atoms with Crippen LogP contribution in [0.25, 0.3) is 0 Å². The first-order valence-corrected chi connectivity index (χ1v) is 12.7. The number of rotatable bonds is 9. The molecule has 42 heavy (non-hydrogen) atoms. The first kappa shape index (κ1) is 31.2. The largest absolute Gasteiger partial charge is 0.289 e. The van der Waals surface area contributed by atoms with Gasteiger partial charge in [0.2, 0.25) is 0 Å². The Morgan fingerprint density at radius 2 is 0.643 bits per heavy atom. The summed E-state index contributed by atoms with van der Waals surface area (Å²) >= 11 is 9.53. The fourth-order valence-corrected chi connectivity index (χ4v) is 3.72. The van der Waals surface area contributed by atoms with E-state index < -0.39 is 32.1 Å². The third kappa shape index (κ3) is 7.44. The van der Waals surface area contributed by atoms with Gasteiger partial charge < -0.3 is 0 Å². The number of carbonyl (C=O) groups excluding carboxylic acids is 3. The van der Waals surface area contributed by atoms with E-state index in [4.69, 9.17) is 23.2 Å². The minimum Gasteiger partial charge on any atom is -0.289 e. The summed E-state index contributed by atoms with van der Waals surface area (Å²) in [5.74, 6) is -1.87. The molecule has 14 heteroatoms. The Labute approximate surface area is 246 Å². The van der Waals surface area contributed by atoms with E-state index in [0.717, 1.165) is 36.4 Å². The lowest BCUT2D eigenvalue weighted by Gasteiger charge is -2.10. The van der Waals surface area contributed by atoms with Gasteiger partial charge in [0.1, 0.15) is 0 Å². The van der Waals surface area contributed by atoms with Crippen LogP contribution in [0.15, 0.2) is 91.0 Å². The highest BCUT2D eigenvalue weighted by Gasteiger charge is 2.21. The van der Waals surface area contributed by atoms with Gasteiger partial charge in [0.25, 0.3) is 17.1 Å². The van der Waals surface area contributed by atoms with E-state index in [1.54, 1.807) is 0 Å². The molecule has 0 aromatic heterocycles. The van der Waals surface area contributed by atoms with Gasteiger partial charge in [-0.05, 0) is 54.6 Å². The third-order valence-corrected chi connectivity index (χ3v) is 5.74. The number of halogens is 2. The fourth-order valence-electron chi connectivity index (χ4n) is 3.72. The molecule has 0 atom stereocenters. The van der Waals surface area contributed by atoms with Gasteiger partial charge in [0, 0.05) is 69.8 Å². The number of benzene rings is 4. The lowest BCUT2D eigenvalue weighted by atomic mass is 9.92. The van der Waals surface area contributed by atoms with E-state index in [0.29, 0.717) is 0 Å². The van der Waals surface area contributed by atoms with Crippen LogP contribution in [0.3, 0.4) is 0 Å². The average Bonchev–Trinajstić information content (AvgIpc) is 3.00. The van der Waals surface area contributed by atoms with Gasteiger partial charge in [0.05, 0.1) is 20.1 Å². The van der Waals surface area contributed by atoms with Crippen LogP contribution in [0.2, 0.25) is 0 Å². The van der Waals surface area contributed by atoms with Crippen LogP contribution in [0.4, 0.5) is 17.1 Å². The van der Waals surface area contributed by atoms with E-state index in [1.807, 2.05) is 0 Å². The molecule has 0 aliphatic carbocycles. The van der Waals surface area contributed by atoms with Gasteiger partial charge in [-0.3, -0.25) is 44.7 Å². The van der Waals surface area contributed by atoms with Gasteiger partial charge in [-0.2, -0.15) is 0 Å². The van der Waals surface area contributed by atoms with Crippen molar-refractivity contribution < 1.29 is 29.2 Å². The smallest absolute Gasteiger partial charge is 0.269 e. The molecule has 0 aliphatic heterocycles. The Bertz CT molecular complexity index is 1480. The highest BCUT2D eigenvalue weighted by molar-refractivity contribution is 6.40. The van der Waals surface area contributed by atoms with E-state index in [-0.39, 0.29) is 55.8 Å². The molecule has 0 spiro atoms. The number of nitro groups is 3. The normalized spacial score (nSPS) is 10.1. The Kier molecular flexibility index (Phi) is 10.3. The van der Waals surface area contributed by atoms with Crippen LogP contribution in [-0.4, -0.2) is 37.5 Å². The van der Waals surface area contributed by atoms with Crippen LogP contribution in [-0.2, 0) is 0 Å². The molecule has 0 amide bonds. The summed E-state index contributed by atoms with van der Waals surface area (Å²) in [6.07, 6.45) is 0. The summed E-state index contributed by atoms with van der Waals surface area (Å²) < 4.78 is 0. The molecule has 0 saturated carbocycles. The molecule has 0 radical (unpaired) electrons. The van der Waals surface area contributed by atoms with Crippen molar-refractivity contribution in [2.45, 2.75) is 0 Å². The van der Waals surface area contributed by atoms with Crippen molar-refractivity contribution in [2.75, 3.05) is 5.34 Å². The van der Waals surface area contributed by atoms with Crippen LogP contribution in [0.1, 0.15) is 47.8 Å². The number of hydrogen-bond donors (Lipinski definition) is 0. The highest BCUT2D eigenvalue weighted by atomic mass is 35.5. The maximum absolute atomic E-state index is 13.2. The number of ketones is 3. The maximum atomic E-state index is 13.2. The van der Waals surface area contributed by atoms with Crippen molar-refractivity contribution in [1.29, 1.82) is 0 Å². The zero-order valence-corrected chi connectivity index (χ0v) is 22.7. The molecular weight excluding hydrogens is 593 g/mol. The molecule has 0 unspecified atom stereocenters. The second-order valence-corrected chi connectivity index (χ2v) is 9.11. The van der Waals surface area contributed by atoms with Crippen molar-refractivity contribution in [2.24, 2.45) is 0 Å². The van der Waals surface area contributed by atoms with E-state index in [9.17, 15) is 44.7 Å². The third-order valence-electron chi connectivity index (χ3n) is 5.74. The second kappa shape index (κ2) is 13.8. The SMILES string of the molecule is ClCCl.O=C(c1ccc([N+](=O)[O-])cc1)c1cc(C(=O)c2ccc([N+](=O)[O-])cc2)cc(C(=O)c2ccc([N+](=O)[O-])cc2)c1. The number of carbonyl (C=O) groups is 3. The zero-order valence-electron chi connectivity index (χ0n) is 21.1. The van der Waals surface area contributed by atoms with Crippen molar-refractivity contribution in [3.63, 3.8) is 0 Å². The lowest BCUT2D eigenvalue weighted by molar-refractivity contribution is -0.385. The number of nitro benzene ring substituents is 3. The van der Waals surface area contributed by atoms with E-state index in [2.05, 4.69) is 0 Å². The van der Waals surface area contributed by atoms with Crippen LogP contribution < -0.4 is 0 Å². The second-order valence-electron chi connectivity index (χ2n) is 8.30. The molecule has 4 aromatic carbocycles. The molecular formula is C28H17Cl2N3O9. The quantitative estimate of drug-likeness (QED) is 0.0881. The molecule has 212 valence electrons. The van der Waals surface area contributed by atoms with Crippen molar-refractivity contribution >= 4 is 57.6 Å². The molecule has 0 N–H and O–H groups in total. The molecule has 12 nitrogen and oxygen atoms in total. The van der Waals surface area contributed by atoms with Crippen LogP contribution in [0, 0.1) is 30.3 Å². The number of non-ortho nitro benzene ring substituents is 3. The van der Waals surface area contributed by atoms with E-state index >= 15 is 0 Å². The molecule has 0 saturated heterocycles. The molecule has 0 heterocycles. The topological polar surface area (TPSA) is 181 Å². The number of nitrogens with zero attached hydrogens (tertiary/aromatic N) is 3. The predicted molar refractivity (Wildman–Crippen MR) is 153 cm³/mol. The summed E-state index contributed by atoms with van der Waals surface area (Å²) in [4.78, 5) is 70.7. The Hall–Kier alpha value is -5.33. The maximum Gasteiger partial charge on any atom is 0.269 e. The van der Waals surface area contributed by atoms with Crippen LogP contribution >= 0.6 is 23.2 Å². The Morgan fingerprint density at radius 3 is 0.810 bits per heavy atom. The Balaban J connectivity index is 0.00000155. The minimum atomic E-state index is -0.626. The molecule has 0 bridgehead atoms. The van der Waals surface area contributed by atoms with Gasteiger partial charge in [0.15, 0.2) is 17.3 Å². The van der Waals surface area contributed by atoms with Crippen molar-refractivity contribution in [3.05, 3.63) is 155 Å². The lowest BCUT2D eigenvalue weighted by Crippen LogP contribution is -2.11.